The molecule has 70 valence electrons. The summed E-state index contributed by atoms with van der Waals surface area (Å²) < 4.78 is 0. The number of nitriles is 1. The minimum Gasteiger partial charge on any atom is -0.376 e. The van der Waals surface area contributed by atoms with Gasteiger partial charge in [0, 0.05) is 25.9 Å². The summed E-state index contributed by atoms with van der Waals surface area (Å²) in [6.07, 6.45) is 3.03. The monoisotopic (exact) mass is 179 g/mol. The lowest BCUT2D eigenvalue weighted by molar-refractivity contribution is -0.130. The average molecular weight is 179 g/mol. The van der Waals surface area contributed by atoms with Crippen molar-refractivity contribution in [1.82, 2.24) is 10.2 Å². The molecule has 0 aromatic heterocycles. The largest absolute Gasteiger partial charge is 0.376 e. The summed E-state index contributed by atoms with van der Waals surface area (Å²) in [5, 5.41) is 11.4. The van der Waals surface area contributed by atoms with Gasteiger partial charge in [-0.1, -0.05) is 0 Å². The van der Waals surface area contributed by atoms with Gasteiger partial charge in [0.05, 0.1) is 6.07 Å². The molecule has 1 amide bonds. The Morgan fingerprint density at radius 1 is 1.77 bits per heavy atom. The van der Waals surface area contributed by atoms with Crippen molar-refractivity contribution in [3.63, 3.8) is 0 Å². The number of hydrogen-bond donors (Lipinski definition) is 1. The van der Waals surface area contributed by atoms with Crippen LogP contribution in [0.2, 0.25) is 0 Å². The van der Waals surface area contributed by atoms with Crippen molar-refractivity contribution in [1.29, 1.82) is 5.26 Å². The molecule has 0 bridgehead atoms. The van der Waals surface area contributed by atoms with Crippen molar-refractivity contribution in [2.24, 2.45) is 0 Å². The van der Waals surface area contributed by atoms with Gasteiger partial charge < -0.3 is 10.2 Å². The summed E-state index contributed by atoms with van der Waals surface area (Å²) >= 11 is 0. The molecule has 1 heterocycles. The second-order valence-corrected chi connectivity index (χ2v) is 3.27. The molecule has 0 saturated carbocycles. The first-order valence-electron chi connectivity index (χ1n) is 4.21. The van der Waals surface area contributed by atoms with E-state index in [0.29, 0.717) is 0 Å². The molecule has 0 aliphatic carbocycles. The molecular weight excluding hydrogens is 166 g/mol. The molecule has 0 radical (unpaired) electrons. The van der Waals surface area contributed by atoms with Crippen molar-refractivity contribution in [2.75, 3.05) is 14.1 Å². The lowest BCUT2D eigenvalue weighted by Crippen LogP contribution is -2.39. The number of allylic oxidation sites excluding steroid dienone is 2. The lowest BCUT2D eigenvalue weighted by atomic mass is 10.2. The van der Waals surface area contributed by atoms with E-state index >= 15 is 0 Å². The van der Waals surface area contributed by atoms with E-state index < -0.39 is 0 Å². The first-order chi connectivity index (χ1) is 6.15. The predicted octanol–water partition coefficient (Wildman–Crippen LogP) is 0.234. The number of carbonyl (C=O) groups excluding carboxylic acids is 1. The zero-order valence-corrected chi connectivity index (χ0v) is 7.87. The van der Waals surface area contributed by atoms with Gasteiger partial charge in [-0.15, -0.1) is 0 Å². The number of carbonyl (C=O) groups is 1. The maximum atomic E-state index is 11.4. The van der Waals surface area contributed by atoms with Crippen LogP contribution in [-0.2, 0) is 4.79 Å². The molecular formula is C9H13N3O. The Kier molecular flexibility index (Phi) is 2.91. The number of nitrogens with zero attached hydrogens (tertiary/aromatic N) is 2. The number of rotatable bonds is 1. The van der Waals surface area contributed by atoms with Gasteiger partial charge >= 0.3 is 0 Å². The molecule has 1 N–H and O–H groups in total. The topological polar surface area (TPSA) is 56.1 Å². The third kappa shape index (κ3) is 2.22. The van der Waals surface area contributed by atoms with Gasteiger partial charge in [0.1, 0.15) is 6.04 Å². The molecule has 1 fully saturated rings. The zero-order valence-electron chi connectivity index (χ0n) is 7.87. The van der Waals surface area contributed by atoms with Gasteiger partial charge in [-0.2, -0.15) is 5.26 Å². The minimum atomic E-state index is -0.144. The summed E-state index contributed by atoms with van der Waals surface area (Å²) in [5.41, 5.74) is 0.864. The van der Waals surface area contributed by atoms with Crippen LogP contribution in [0.15, 0.2) is 11.8 Å². The van der Waals surface area contributed by atoms with Gasteiger partial charge in [-0.05, 0) is 12.8 Å². The van der Waals surface area contributed by atoms with Crippen LogP contribution < -0.4 is 5.32 Å². The minimum absolute atomic E-state index is 0.0707. The highest BCUT2D eigenvalue weighted by atomic mass is 16.2. The molecule has 0 spiro atoms. The Balaban J connectivity index is 2.56. The van der Waals surface area contributed by atoms with E-state index in [1.807, 2.05) is 6.07 Å². The van der Waals surface area contributed by atoms with E-state index in [-0.39, 0.29) is 11.9 Å². The van der Waals surface area contributed by atoms with E-state index in [1.165, 1.54) is 6.08 Å². The first kappa shape index (κ1) is 9.59. The van der Waals surface area contributed by atoms with Gasteiger partial charge in [0.25, 0.3) is 0 Å². The number of hydrogen-bond acceptors (Lipinski definition) is 3. The molecule has 4 nitrogen and oxygen atoms in total. The fraction of sp³-hybridized carbons (Fsp3) is 0.556. The summed E-state index contributed by atoms with van der Waals surface area (Å²) in [6.45, 7) is 0. The van der Waals surface area contributed by atoms with Crippen LogP contribution >= 0.6 is 0 Å². The van der Waals surface area contributed by atoms with Crippen molar-refractivity contribution in [3.05, 3.63) is 11.8 Å². The number of amides is 1. The van der Waals surface area contributed by atoms with E-state index in [4.69, 9.17) is 5.26 Å². The van der Waals surface area contributed by atoms with Crippen molar-refractivity contribution in [2.45, 2.75) is 18.9 Å². The smallest absolute Gasteiger partial charge is 0.244 e. The number of nitrogens with one attached hydrogen (secondary N) is 1. The maximum absolute atomic E-state index is 11.4. The van der Waals surface area contributed by atoms with E-state index in [1.54, 1.807) is 19.0 Å². The van der Waals surface area contributed by atoms with Gasteiger partial charge in [-0.3, -0.25) is 4.79 Å². The average Bonchev–Trinajstić information content (AvgIpc) is 2.52. The van der Waals surface area contributed by atoms with Crippen molar-refractivity contribution in [3.8, 4) is 6.07 Å². The Labute approximate surface area is 77.8 Å². The summed E-state index contributed by atoms with van der Waals surface area (Å²) in [7, 11) is 3.46. The Morgan fingerprint density at radius 2 is 2.46 bits per heavy atom. The highest BCUT2D eigenvalue weighted by molar-refractivity contribution is 5.82. The maximum Gasteiger partial charge on any atom is 0.244 e. The van der Waals surface area contributed by atoms with E-state index in [2.05, 4.69) is 5.32 Å². The molecule has 1 saturated heterocycles. The predicted molar refractivity (Wildman–Crippen MR) is 48.5 cm³/mol. The van der Waals surface area contributed by atoms with Crippen molar-refractivity contribution < 1.29 is 4.79 Å². The van der Waals surface area contributed by atoms with Crippen LogP contribution in [0.4, 0.5) is 0 Å². The molecule has 0 aromatic carbocycles. The van der Waals surface area contributed by atoms with Gasteiger partial charge in [0.2, 0.25) is 5.91 Å². The first-order valence-corrected chi connectivity index (χ1v) is 4.21. The van der Waals surface area contributed by atoms with E-state index in [9.17, 15) is 4.79 Å². The van der Waals surface area contributed by atoms with Crippen LogP contribution in [0.3, 0.4) is 0 Å². The van der Waals surface area contributed by atoms with Gasteiger partial charge in [0.15, 0.2) is 0 Å². The SMILES string of the molecule is CN(C)C(=O)C1CCC(=CC#N)N1. The quantitative estimate of drug-likeness (QED) is 0.586. The lowest BCUT2D eigenvalue weighted by Gasteiger charge is -2.16. The molecule has 4 heteroatoms. The highest BCUT2D eigenvalue weighted by Crippen LogP contribution is 2.16. The molecule has 1 aliphatic rings. The van der Waals surface area contributed by atoms with Crippen LogP contribution in [0.1, 0.15) is 12.8 Å². The molecule has 0 aromatic rings. The molecule has 1 aliphatic heterocycles. The zero-order chi connectivity index (χ0) is 9.84. The van der Waals surface area contributed by atoms with E-state index in [0.717, 1.165) is 18.5 Å². The fourth-order valence-corrected chi connectivity index (χ4v) is 1.36. The summed E-state index contributed by atoms with van der Waals surface area (Å²) in [6, 6.07) is 1.81. The summed E-state index contributed by atoms with van der Waals surface area (Å²) in [5.74, 6) is 0.0707. The molecule has 1 atom stereocenters. The van der Waals surface area contributed by atoms with Crippen molar-refractivity contribution >= 4 is 5.91 Å². The van der Waals surface area contributed by atoms with Gasteiger partial charge in [-0.25, -0.2) is 0 Å². The Hall–Kier alpha value is -1.50. The molecule has 13 heavy (non-hydrogen) atoms. The third-order valence-corrected chi connectivity index (χ3v) is 2.04. The normalized spacial score (nSPS) is 23.8. The second kappa shape index (κ2) is 3.94. The number of likely N-dealkylation sites (N-methyl/N-ethyl adjacent to an activating group) is 1. The fourth-order valence-electron chi connectivity index (χ4n) is 1.36. The molecule has 1 unspecified atom stereocenters. The second-order valence-electron chi connectivity index (χ2n) is 3.27. The summed E-state index contributed by atoms with van der Waals surface area (Å²) in [4.78, 5) is 13.0. The van der Waals surface area contributed by atoms with Crippen LogP contribution in [0.5, 0.6) is 0 Å². The Bertz CT molecular complexity index is 275. The highest BCUT2D eigenvalue weighted by Gasteiger charge is 2.25. The molecule has 1 rings (SSSR count). The van der Waals surface area contributed by atoms with Crippen LogP contribution in [-0.4, -0.2) is 30.9 Å². The standard InChI is InChI=1S/C9H13N3O/c1-12(2)9(13)8-4-3-7(11-8)5-6-10/h5,8,11H,3-4H2,1-2H3. The van der Waals surface area contributed by atoms with Crippen LogP contribution in [0, 0.1) is 11.3 Å². The third-order valence-electron chi connectivity index (χ3n) is 2.04. The van der Waals surface area contributed by atoms with Crippen LogP contribution in [0.25, 0.3) is 0 Å². The Morgan fingerprint density at radius 3 is 3.00 bits per heavy atom.